The van der Waals surface area contributed by atoms with Crippen molar-refractivity contribution in [3.05, 3.63) is 17.0 Å². The molecular formula is C13H21N3O4S2. The van der Waals surface area contributed by atoms with Gasteiger partial charge in [0.05, 0.1) is 6.42 Å². The number of hydrogen-bond donors (Lipinski definition) is 3. The number of nitrogens with two attached hydrogens (primary N) is 1. The lowest BCUT2D eigenvalue weighted by molar-refractivity contribution is -0.128. The van der Waals surface area contributed by atoms with Gasteiger partial charge in [0.25, 0.3) is 0 Å². The number of thiophene rings is 1. The van der Waals surface area contributed by atoms with Gasteiger partial charge in [0.2, 0.25) is 21.8 Å². The molecule has 1 atom stereocenters. The fourth-order valence-corrected chi connectivity index (χ4v) is 3.66. The molecule has 9 heteroatoms. The van der Waals surface area contributed by atoms with E-state index in [9.17, 15) is 18.0 Å². The number of primary sulfonamides is 1. The highest BCUT2D eigenvalue weighted by Crippen LogP contribution is 2.20. The van der Waals surface area contributed by atoms with Gasteiger partial charge in [-0.05, 0) is 24.5 Å². The smallest absolute Gasteiger partial charge is 0.247 e. The zero-order valence-corrected chi connectivity index (χ0v) is 14.4. The van der Waals surface area contributed by atoms with Crippen LogP contribution in [0.25, 0.3) is 0 Å². The second-order valence-corrected chi connectivity index (χ2v) is 8.26. The van der Waals surface area contributed by atoms with E-state index in [1.54, 1.807) is 6.07 Å². The fraction of sp³-hybridized carbons (Fsp3) is 0.538. The molecule has 1 heterocycles. The van der Waals surface area contributed by atoms with E-state index in [-0.39, 0.29) is 28.4 Å². The molecule has 0 aromatic carbocycles. The van der Waals surface area contributed by atoms with Crippen molar-refractivity contribution in [2.45, 2.75) is 36.9 Å². The third-order valence-corrected chi connectivity index (χ3v) is 5.38. The molecule has 1 aromatic heterocycles. The minimum Gasteiger partial charge on any atom is -0.357 e. The lowest BCUT2D eigenvalue weighted by Gasteiger charge is -2.18. The quantitative estimate of drug-likeness (QED) is 0.653. The number of hydrogen-bond acceptors (Lipinski definition) is 5. The Morgan fingerprint density at radius 1 is 1.32 bits per heavy atom. The van der Waals surface area contributed by atoms with Crippen LogP contribution < -0.4 is 15.8 Å². The molecule has 2 amide bonds. The molecule has 0 aliphatic heterocycles. The molecule has 4 N–H and O–H groups in total. The van der Waals surface area contributed by atoms with Crippen LogP contribution in [0.4, 0.5) is 0 Å². The zero-order chi connectivity index (χ0) is 16.9. The van der Waals surface area contributed by atoms with Gasteiger partial charge in [0.1, 0.15) is 10.3 Å². The van der Waals surface area contributed by atoms with E-state index in [0.29, 0.717) is 11.3 Å². The van der Waals surface area contributed by atoms with Gasteiger partial charge >= 0.3 is 0 Å². The maximum atomic E-state index is 12.0. The minimum atomic E-state index is -3.75. The molecule has 22 heavy (non-hydrogen) atoms. The average Bonchev–Trinajstić information content (AvgIpc) is 2.84. The molecule has 0 saturated carbocycles. The van der Waals surface area contributed by atoms with E-state index in [1.165, 1.54) is 13.1 Å². The summed E-state index contributed by atoms with van der Waals surface area (Å²) in [5, 5.41) is 10.2. The fourth-order valence-electron chi connectivity index (χ4n) is 1.89. The zero-order valence-electron chi connectivity index (χ0n) is 12.8. The van der Waals surface area contributed by atoms with Crippen LogP contribution in [0.1, 0.15) is 25.1 Å². The van der Waals surface area contributed by atoms with Crippen molar-refractivity contribution in [3.8, 4) is 0 Å². The van der Waals surface area contributed by atoms with Gasteiger partial charge in [-0.3, -0.25) is 9.59 Å². The third-order valence-electron chi connectivity index (χ3n) is 2.86. The molecule has 7 nitrogen and oxygen atoms in total. The molecule has 0 saturated heterocycles. The Bertz CT molecular complexity index is 637. The monoisotopic (exact) mass is 347 g/mol. The molecule has 0 aliphatic carbocycles. The van der Waals surface area contributed by atoms with Gasteiger partial charge in [-0.15, -0.1) is 11.3 Å². The van der Waals surface area contributed by atoms with E-state index in [0.717, 1.165) is 11.3 Å². The Hall–Kier alpha value is -1.45. The van der Waals surface area contributed by atoms with Crippen LogP contribution in [-0.4, -0.2) is 33.3 Å². The molecule has 124 valence electrons. The number of nitrogens with one attached hydrogen (secondary N) is 2. The molecule has 1 aromatic rings. The summed E-state index contributed by atoms with van der Waals surface area (Å²) in [6, 6.07) is 2.31. The van der Waals surface area contributed by atoms with Gasteiger partial charge in [0.15, 0.2) is 0 Å². The largest absolute Gasteiger partial charge is 0.357 e. The lowest BCUT2D eigenvalue weighted by Crippen LogP contribution is -2.46. The molecule has 1 unspecified atom stereocenters. The minimum absolute atomic E-state index is 0.00573. The maximum absolute atomic E-state index is 12.0. The summed E-state index contributed by atoms with van der Waals surface area (Å²) >= 11 is 0.949. The highest BCUT2D eigenvalue weighted by atomic mass is 32.2. The number of rotatable bonds is 7. The van der Waals surface area contributed by atoms with Gasteiger partial charge in [0, 0.05) is 11.9 Å². The normalized spacial score (nSPS) is 13.0. The second kappa shape index (κ2) is 7.70. The molecule has 0 fully saturated rings. The summed E-state index contributed by atoms with van der Waals surface area (Å²) in [6.45, 7) is 3.92. The predicted octanol–water partition coefficient (Wildman–Crippen LogP) is 0.215. The summed E-state index contributed by atoms with van der Waals surface area (Å²) in [5.41, 5.74) is 0. The Morgan fingerprint density at radius 2 is 1.95 bits per heavy atom. The molecule has 0 radical (unpaired) electrons. The molecule has 1 rings (SSSR count). The first-order chi connectivity index (χ1) is 10.1. The van der Waals surface area contributed by atoms with Crippen molar-refractivity contribution in [1.29, 1.82) is 0 Å². The van der Waals surface area contributed by atoms with Crippen LogP contribution in [-0.2, 0) is 26.0 Å². The van der Waals surface area contributed by atoms with Crippen molar-refractivity contribution >= 4 is 33.2 Å². The van der Waals surface area contributed by atoms with Crippen LogP contribution in [0.15, 0.2) is 16.3 Å². The van der Waals surface area contributed by atoms with Crippen LogP contribution in [0.3, 0.4) is 0 Å². The van der Waals surface area contributed by atoms with Gasteiger partial charge in [-0.1, -0.05) is 13.8 Å². The Kier molecular flexibility index (Phi) is 6.51. The summed E-state index contributed by atoms with van der Waals surface area (Å²) in [4.78, 5) is 24.3. The van der Waals surface area contributed by atoms with Crippen LogP contribution >= 0.6 is 11.3 Å². The van der Waals surface area contributed by atoms with Gasteiger partial charge in [-0.2, -0.15) is 0 Å². The first kappa shape index (κ1) is 18.6. The van der Waals surface area contributed by atoms with E-state index in [4.69, 9.17) is 5.14 Å². The highest BCUT2D eigenvalue weighted by molar-refractivity contribution is 7.91. The van der Waals surface area contributed by atoms with E-state index < -0.39 is 16.1 Å². The van der Waals surface area contributed by atoms with Crippen LogP contribution in [0.2, 0.25) is 0 Å². The van der Waals surface area contributed by atoms with E-state index >= 15 is 0 Å². The highest BCUT2D eigenvalue weighted by Gasteiger charge is 2.21. The maximum Gasteiger partial charge on any atom is 0.247 e. The van der Waals surface area contributed by atoms with Crippen molar-refractivity contribution in [1.82, 2.24) is 10.6 Å². The van der Waals surface area contributed by atoms with Gasteiger partial charge in [-0.25, -0.2) is 13.6 Å². The average molecular weight is 347 g/mol. The van der Waals surface area contributed by atoms with Crippen molar-refractivity contribution < 1.29 is 18.0 Å². The third kappa shape index (κ3) is 5.74. The number of sulfonamides is 1. The van der Waals surface area contributed by atoms with Crippen molar-refractivity contribution in [2.75, 3.05) is 7.05 Å². The van der Waals surface area contributed by atoms with Crippen molar-refractivity contribution in [2.24, 2.45) is 11.1 Å². The number of carbonyl (C=O) groups is 2. The summed E-state index contributed by atoms with van der Waals surface area (Å²) in [7, 11) is -2.24. The van der Waals surface area contributed by atoms with Crippen molar-refractivity contribution in [3.63, 3.8) is 0 Å². The Balaban J connectivity index is 2.71. The summed E-state index contributed by atoms with van der Waals surface area (Å²) in [6.07, 6.45) is 0.532. The molecule has 0 spiro atoms. The molecule has 0 bridgehead atoms. The van der Waals surface area contributed by atoms with Crippen LogP contribution in [0, 0.1) is 5.92 Å². The first-order valence-corrected chi connectivity index (χ1v) is 9.12. The second-order valence-electron chi connectivity index (χ2n) is 5.31. The lowest BCUT2D eigenvalue weighted by atomic mass is 10.0. The predicted molar refractivity (Wildman–Crippen MR) is 84.8 cm³/mol. The van der Waals surface area contributed by atoms with E-state index in [1.807, 2.05) is 13.8 Å². The number of likely N-dealkylation sites (N-methyl/N-ethyl adjacent to an activating group) is 1. The Labute approximate surface area is 134 Å². The molecule has 0 aliphatic rings. The first-order valence-electron chi connectivity index (χ1n) is 6.76. The van der Waals surface area contributed by atoms with E-state index in [2.05, 4.69) is 10.6 Å². The SMILES string of the molecule is CNC(=O)C(CC(C)C)NC(=O)Cc1ccc(S(N)(=O)=O)s1. The number of amides is 2. The Morgan fingerprint density at radius 3 is 2.41 bits per heavy atom. The van der Waals surface area contributed by atoms with Crippen LogP contribution in [0.5, 0.6) is 0 Å². The summed E-state index contributed by atoms with van der Waals surface area (Å²) in [5.74, 6) is -0.339. The topological polar surface area (TPSA) is 118 Å². The standard InChI is InChI=1S/C13H21N3O4S2/c1-8(2)6-10(13(18)15-3)16-11(17)7-9-4-5-12(21-9)22(14,19)20/h4-5,8,10H,6-7H2,1-3H3,(H,15,18)(H,16,17)(H2,14,19,20). The molecular weight excluding hydrogens is 326 g/mol. The number of carbonyl (C=O) groups excluding carboxylic acids is 2. The summed E-state index contributed by atoms with van der Waals surface area (Å²) < 4.78 is 22.4. The van der Waals surface area contributed by atoms with Gasteiger partial charge < -0.3 is 10.6 Å².